The van der Waals surface area contributed by atoms with Gasteiger partial charge < -0.3 is 5.32 Å². The Morgan fingerprint density at radius 3 is 2.65 bits per heavy atom. The van der Waals surface area contributed by atoms with Crippen molar-refractivity contribution in [3.8, 4) is 6.07 Å². The summed E-state index contributed by atoms with van der Waals surface area (Å²) in [7, 11) is 0. The van der Waals surface area contributed by atoms with Gasteiger partial charge in [-0.25, -0.2) is 0 Å². The Balaban J connectivity index is 1.90. The van der Waals surface area contributed by atoms with Crippen molar-refractivity contribution in [2.45, 2.75) is 45.6 Å². The number of nitrogens with zero attached hydrogens (tertiary/aromatic N) is 1. The average molecular weight is 270 g/mol. The standard InChI is InChI=1S/C17H22N2O/c1-12-4-3-5-16(13(12)2)19-17(20)10-14-6-8-15(11-18)9-7-14/h6-9,12-13,16H,3-5,10H2,1-2H3,(H,19,20). The van der Waals surface area contributed by atoms with Crippen molar-refractivity contribution in [1.82, 2.24) is 5.32 Å². The molecule has 0 spiro atoms. The molecule has 0 heterocycles. The van der Waals surface area contributed by atoms with Crippen LogP contribution in [0.4, 0.5) is 0 Å². The third-order valence-electron chi connectivity index (χ3n) is 4.50. The highest BCUT2D eigenvalue weighted by Crippen LogP contribution is 2.29. The van der Waals surface area contributed by atoms with Crippen LogP contribution in [0, 0.1) is 23.2 Å². The van der Waals surface area contributed by atoms with Crippen molar-refractivity contribution in [2.24, 2.45) is 11.8 Å². The first-order chi connectivity index (χ1) is 9.60. The number of rotatable bonds is 3. The Hall–Kier alpha value is -1.82. The van der Waals surface area contributed by atoms with Crippen molar-refractivity contribution >= 4 is 5.91 Å². The van der Waals surface area contributed by atoms with Crippen LogP contribution in [-0.2, 0) is 11.2 Å². The molecule has 2 rings (SSSR count). The van der Waals surface area contributed by atoms with Crippen molar-refractivity contribution in [1.29, 1.82) is 5.26 Å². The molecule has 3 unspecified atom stereocenters. The quantitative estimate of drug-likeness (QED) is 0.917. The lowest BCUT2D eigenvalue weighted by Gasteiger charge is -2.34. The molecule has 1 aliphatic carbocycles. The van der Waals surface area contributed by atoms with Crippen LogP contribution in [0.2, 0.25) is 0 Å². The molecule has 1 N–H and O–H groups in total. The van der Waals surface area contributed by atoms with E-state index in [0.29, 0.717) is 29.9 Å². The van der Waals surface area contributed by atoms with Gasteiger partial charge in [-0.3, -0.25) is 4.79 Å². The van der Waals surface area contributed by atoms with Gasteiger partial charge in [-0.2, -0.15) is 5.26 Å². The highest BCUT2D eigenvalue weighted by Gasteiger charge is 2.27. The summed E-state index contributed by atoms with van der Waals surface area (Å²) in [4.78, 5) is 12.1. The molecule has 1 aromatic carbocycles. The summed E-state index contributed by atoms with van der Waals surface area (Å²) in [5.74, 6) is 1.32. The maximum absolute atomic E-state index is 12.1. The molecule has 1 amide bonds. The Morgan fingerprint density at radius 1 is 1.30 bits per heavy atom. The molecule has 0 aliphatic heterocycles. The zero-order chi connectivity index (χ0) is 14.5. The molecule has 0 saturated heterocycles. The topological polar surface area (TPSA) is 52.9 Å². The van der Waals surface area contributed by atoms with Gasteiger partial charge >= 0.3 is 0 Å². The Bertz CT molecular complexity index is 501. The second-order valence-electron chi connectivity index (χ2n) is 5.93. The van der Waals surface area contributed by atoms with E-state index in [-0.39, 0.29) is 5.91 Å². The Kier molecular flexibility index (Phi) is 4.79. The predicted molar refractivity (Wildman–Crippen MR) is 79.0 cm³/mol. The first-order valence-electron chi connectivity index (χ1n) is 7.38. The monoisotopic (exact) mass is 270 g/mol. The van der Waals surface area contributed by atoms with Crippen molar-refractivity contribution in [3.05, 3.63) is 35.4 Å². The third-order valence-corrected chi connectivity index (χ3v) is 4.50. The van der Waals surface area contributed by atoms with E-state index in [4.69, 9.17) is 5.26 Å². The van der Waals surface area contributed by atoms with E-state index in [1.165, 1.54) is 12.8 Å². The maximum Gasteiger partial charge on any atom is 0.224 e. The molecule has 1 aliphatic rings. The van der Waals surface area contributed by atoms with Gasteiger partial charge in [0.05, 0.1) is 18.1 Å². The first-order valence-corrected chi connectivity index (χ1v) is 7.38. The van der Waals surface area contributed by atoms with Crippen LogP contribution in [-0.4, -0.2) is 11.9 Å². The van der Waals surface area contributed by atoms with E-state index in [9.17, 15) is 4.79 Å². The van der Waals surface area contributed by atoms with E-state index in [2.05, 4.69) is 25.2 Å². The SMILES string of the molecule is CC1CCCC(NC(=O)Cc2ccc(C#N)cc2)C1C. The normalized spacial score (nSPS) is 25.8. The van der Waals surface area contributed by atoms with Crippen molar-refractivity contribution in [3.63, 3.8) is 0 Å². The summed E-state index contributed by atoms with van der Waals surface area (Å²) in [6.45, 7) is 4.50. The number of hydrogen-bond donors (Lipinski definition) is 1. The second-order valence-corrected chi connectivity index (χ2v) is 5.93. The summed E-state index contributed by atoms with van der Waals surface area (Å²) in [5.41, 5.74) is 1.59. The molecule has 3 atom stereocenters. The zero-order valence-electron chi connectivity index (χ0n) is 12.2. The number of nitriles is 1. The van der Waals surface area contributed by atoms with Gasteiger partial charge in [-0.15, -0.1) is 0 Å². The fourth-order valence-corrected chi connectivity index (χ4v) is 2.93. The van der Waals surface area contributed by atoms with Gasteiger partial charge in [-0.05, 0) is 36.0 Å². The highest BCUT2D eigenvalue weighted by molar-refractivity contribution is 5.78. The van der Waals surface area contributed by atoms with Gasteiger partial charge in [0, 0.05) is 6.04 Å². The van der Waals surface area contributed by atoms with E-state index in [1.54, 1.807) is 12.1 Å². The second kappa shape index (κ2) is 6.56. The predicted octanol–water partition coefficient (Wildman–Crippen LogP) is 3.04. The summed E-state index contributed by atoms with van der Waals surface area (Å²) in [5, 5.41) is 11.9. The molecule has 3 nitrogen and oxygen atoms in total. The number of carbonyl (C=O) groups is 1. The van der Waals surface area contributed by atoms with Crippen molar-refractivity contribution in [2.75, 3.05) is 0 Å². The minimum Gasteiger partial charge on any atom is -0.353 e. The third kappa shape index (κ3) is 3.60. The van der Waals surface area contributed by atoms with E-state index in [1.807, 2.05) is 12.1 Å². The van der Waals surface area contributed by atoms with Crippen molar-refractivity contribution < 1.29 is 4.79 Å². The molecule has 1 aromatic rings. The number of amides is 1. The van der Waals surface area contributed by atoms with Crippen LogP contribution in [0.25, 0.3) is 0 Å². The van der Waals surface area contributed by atoms with Gasteiger partial charge in [0.1, 0.15) is 0 Å². The average Bonchev–Trinajstić information content (AvgIpc) is 2.45. The van der Waals surface area contributed by atoms with Crippen LogP contribution >= 0.6 is 0 Å². The number of benzene rings is 1. The van der Waals surface area contributed by atoms with Gasteiger partial charge in [0.15, 0.2) is 0 Å². The fraction of sp³-hybridized carbons (Fsp3) is 0.529. The lowest BCUT2D eigenvalue weighted by atomic mass is 9.78. The molecular weight excluding hydrogens is 248 g/mol. The molecule has 1 fully saturated rings. The van der Waals surface area contributed by atoms with E-state index < -0.39 is 0 Å². The molecule has 3 heteroatoms. The maximum atomic E-state index is 12.1. The highest BCUT2D eigenvalue weighted by atomic mass is 16.1. The summed E-state index contributed by atoms with van der Waals surface area (Å²) < 4.78 is 0. The Labute approximate surface area is 121 Å². The molecular formula is C17H22N2O. The first kappa shape index (κ1) is 14.6. The summed E-state index contributed by atoms with van der Waals surface area (Å²) in [6, 6.07) is 9.61. The summed E-state index contributed by atoms with van der Waals surface area (Å²) in [6.07, 6.45) is 3.95. The number of carbonyl (C=O) groups excluding carboxylic acids is 1. The molecule has 0 radical (unpaired) electrons. The number of nitrogens with one attached hydrogen (secondary N) is 1. The van der Waals surface area contributed by atoms with Crippen LogP contribution in [0.1, 0.15) is 44.2 Å². The summed E-state index contributed by atoms with van der Waals surface area (Å²) >= 11 is 0. The van der Waals surface area contributed by atoms with Crippen LogP contribution < -0.4 is 5.32 Å². The van der Waals surface area contributed by atoms with Gasteiger partial charge in [-0.1, -0.05) is 38.8 Å². The lowest BCUT2D eigenvalue weighted by Crippen LogP contribution is -2.44. The minimum atomic E-state index is 0.0839. The van der Waals surface area contributed by atoms with Gasteiger partial charge in [0.2, 0.25) is 5.91 Å². The molecule has 1 saturated carbocycles. The fourth-order valence-electron chi connectivity index (χ4n) is 2.93. The van der Waals surface area contributed by atoms with Crippen LogP contribution in [0.15, 0.2) is 24.3 Å². The lowest BCUT2D eigenvalue weighted by molar-refractivity contribution is -0.121. The van der Waals surface area contributed by atoms with Crippen LogP contribution in [0.5, 0.6) is 0 Å². The zero-order valence-corrected chi connectivity index (χ0v) is 12.2. The van der Waals surface area contributed by atoms with Gasteiger partial charge in [0.25, 0.3) is 0 Å². The van der Waals surface area contributed by atoms with E-state index >= 15 is 0 Å². The smallest absolute Gasteiger partial charge is 0.224 e. The number of hydrogen-bond acceptors (Lipinski definition) is 2. The minimum absolute atomic E-state index is 0.0839. The molecule has 20 heavy (non-hydrogen) atoms. The Morgan fingerprint density at radius 2 is 2.00 bits per heavy atom. The van der Waals surface area contributed by atoms with Crippen LogP contribution in [0.3, 0.4) is 0 Å². The molecule has 106 valence electrons. The van der Waals surface area contributed by atoms with E-state index in [0.717, 1.165) is 12.0 Å². The molecule has 0 bridgehead atoms. The molecule has 0 aromatic heterocycles. The largest absolute Gasteiger partial charge is 0.353 e.